The molecular formula is C15H23N5O4S2. The molecule has 0 aromatic heterocycles. The number of benzene rings is 2. The number of nitrogens with one attached hydrogen (secondary N) is 1. The van der Waals surface area contributed by atoms with Gasteiger partial charge in [0.25, 0.3) is 10.2 Å². The second kappa shape index (κ2) is 8.85. The molecule has 0 atom stereocenters. The van der Waals surface area contributed by atoms with Gasteiger partial charge in [-0.15, -0.1) is 0 Å². The molecule has 1 aliphatic rings. The molecule has 0 amide bonds. The van der Waals surface area contributed by atoms with Crippen LogP contribution in [0.3, 0.4) is 0 Å². The van der Waals surface area contributed by atoms with Crippen molar-refractivity contribution in [2.45, 2.75) is 5.75 Å². The molecule has 0 unspecified atom stereocenters. The summed E-state index contributed by atoms with van der Waals surface area (Å²) >= 11 is 0. The van der Waals surface area contributed by atoms with E-state index in [0.717, 1.165) is 22.6 Å². The fourth-order valence-corrected chi connectivity index (χ4v) is 3.42. The number of hydrogen-bond donors (Lipinski definition) is 4. The van der Waals surface area contributed by atoms with Gasteiger partial charge in [0.2, 0.25) is 10.0 Å². The predicted octanol–water partition coefficient (Wildman–Crippen LogP) is 0.425. The zero-order chi connectivity index (χ0) is 20.0. The molecule has 0 aliphatic carbocycles. The van der Waals surface area contributed by atoms with Gasteiger partial charge in [-0.2, -0.15) is 8.42 Å². The first kappa shape index (κ1) is 21.7. The summed E-state index contributed by atoms with van der Waals surface area (Å²) in [5.74, 6) is 0.139. The minimum absolute atomic E-state index is 0.139. The smallest absolute Gasteiger partial charge is 0.271 e. The van der Waals surface area contributed by atoms with E-state index in [1.807, 2.05) is 55.6 Å². The first-order valence-electron chi connectivity index (χ1n) is 7.33. The van der Waals surface area contributed by atoms with E-state index in [1.54, 1.807) is 7.05 Å². The number of sulfonamides is 1. The maximum Gasteiger partial charge on any atom is 0.271 e. The average molecular weight is 402 g/mol. The summed E-state index contributed by atoms with van der Waals surface area (Å²) in [7, 11) is -3.28. The van der Waals surface area contributed by atoms with Crippen molar-refractivity contribution in [2.75, 3.05) is 29.5 Å². The van der Waals surface area contributed by atoms with Crippen molar-refractivity contribution in [1.82, 2.24) is 0 Å². The Morgan fingerprint density at radius 2 is 1.54 bits per heavy atom. The van der Waals surface area contributed by atoms with Crippen molar-refractivity contribution in [2.24, 2.45) is 10.3 Å². The molecule has 2 aromatic rings. The molecule has 0 bridgehead atoms. The highest BCUT2D eigenvalue weighted by atomic mass is 32.2. The lowest BCUT2D eigenvalue weighted by molar-refractivity contribution is 0.595. The molecule has 0 saturated heterocycles. The molecule has 3 rings (SSSR count). The Morgan fingerprint density at radius 1 is 1.04 bits per heavy atom. The van der Waals surface area contributed by atoms with Crippen molar-refractivity contribution in [3.05, 3.63) is 54.1 Å². The van der Waals surface area contributed by atoms with Crippen molar-refractivity contribution in [3.63, 3.8) is 0 Å². The van der Waals surface area contributed by atoms with E-state index in [0.29, 0.717) is 0 Å². The summed E-state index contributed by atoms with van der Waals surface area (Å²) in [6, 6.07) is 15.0. The van der Waals surface area contributed by atoms with Gasteiger partial charge in [0.1, 0.15) is 0 Å². The molecule has 1 heterocycles. The summed E-state index contributed by atoms with van der Waals surface area (Å²) in [5, 5.41) is 11.2. The molecule has 9 nitrogen and oxygen atoms in total. The topological polar surface area (TPSA) is 162 Å². The van der Waals surface area contributed by atoms with Crippen LogP contribution in [-0.2, 0) is 26.0 Å². The lowest BCUT2D eigenvalue weighted by Crippen LogP contribution is -2.21. The lowest BCUT2D eigenvalue weighted by Gasteiger charge is -2.09. The molecule has 0 fully saturated rings. The summed E-state index contributed by atoms with van der Waals surface area (Å²) in [4.78, 5) is 0. The maximum absolute atomic E-state index is 11.3. The van der Waals surface area contributed by atoms with Crippen LogP contribution in [0.1, 0.15) is 5.56 Å². The van der Waals surface area contributed by atoms with Gasteiger partial charge in [-0.25, -0.2) is 18.7 Å². The van der Waals surface area contributed by atoms with Crippen molar-refractivity contribution >= 4 is 37.3 Å². The highest BCUT2D eigenvalue weighted by molar-refractivity contribution is 7.92. The van der Waals surface area contributed by atoms with E-state index in [1.165, 1.54) is 4.31 Å². The van der Waals surface area contributed by atoms with Gasteiger partial charge >= 0.3 is 0 Å². The third-order valence-electron chi connectivity index (χ3n) is 3.32. The molecule has 0 spiro atoms. The SMILES string of the molecule is CN1c2ccccc2CS1(=O)=O.CNc1ccccc1N.NS(N)(=O)=O. The van der Waals surface area contributed by atoms with Crippen molar-refractivity contribution in [3.8, 4) is 0 Å². The molecule has 1 aliphatic heterocycles. The number of nitrogens with two attached hydrogens (primary N) is 3. The third kappa shape index (κ3) is 6.88. The molecule has 0 radical (unpaired) electrons. The second-order valence-corrected chi connectivity index (χ2v) is 8.46. The predicted molar refractivity (Wildman–Crippen MR) is 105 cm³/mol. The van der Waals surface area contributed by atoms with E-state index in [4.69, 9.17) is 5.73 Å². The van der Waals surface area contributed by atoms with Crippen LogP contribution in [0.4, 0.5) is 17.1 Å². The van der Waals surface area contributed by atoms with Gasteiger partial charge in [0, 0.05) is 14.1 Å². The number of anilines is 3. The van der Waals surface area contributed by atoms with Gasteiger partial charge in [-0.3, -0.25) is 4.31 Å². The third-order valence-corrected chi connectivity index (χ3v) is 5.02. The first-order valence-corrected chi connectivity index (χ1v) is 10.5. The summed E-state index contributed by atoms with van der Waals surface area (Å²) < 4.78 is 42.4. The Balaban J connectivity index is 0.000000214. The fraction of sp³-hybridized carbons (Fsp3) is 0.200. The largest absolute Gasteiger partial charge is 0.397 e. The van der Waals surface area contributed by atoms with Crippen LogP contribution in [0.5, 0.6) is 0 Å². The Hall–Kier alpha value is -2.34. The number of nitrogen functional groups attached to an aromatic ring is 1. The van der Waals surface area contributed by atoms with Gasteiger partial charge in [0.05, 0.1) is 22.8 Å². The number of nitrogens with zero attached hydrogens (tertiary/aromatic N) is 1. The molecule has 0 saturated carbocycles. The van der Waals surface area contributed by atoms with Crippen LogP contribution >= 0.6 is 0 Å². The minimum Gasteiger partial charge on any atom is -0.397 e. The second-order valence-electron chi connectivity index (χ2n) is 5.28. The van der Waals surface area contributed by atoms with Crippen molar-refractivity contribution < 1.29 is 16.8 Å². The van der Waals surface area contributed by atoms with Gasteiger partial charge in [-0.1, -0.05) is 30.3 Å². The normalized spacial score (nSPS) is 14.2. The molecule has 2 aromatic carbocycles. The van der Waals surface area contributed by atoms with Gasteiger partial charge in [-0.05, 0) is 23.8 Å². The summed E-state index contributed by atoms with van der Waals surface area (Å²) in [6.45, 7) is 0. The Kier molecular flexibility index (Phi) is 7.39. The van der Waals surface area contributed by atoms with Crippen LogP contribution in [0.2, 0.25) is 0 Å². The molecule has 7 N–H and O–H groups in total. The number of rotatable bonds is 1. The molecule has 26 heavy (non-hydrogen) atoms. The van der Waals surface area contributed by atoms with E-state index in [2.05, 4.69) is 15.6 Å². The van der Waals surface area contributed by atoms with Crippen LogP contribution < -0.4 is 25.6 Å². The highest BCUT2D eigenvalue weighted by Crippen LogP contribution is 2.31. The Labute approximate surface area is 154 Å². The monoisotopic (exact) mass is 401 g/mol. The van der Waals surface area contributed by atoms with Crippen molar-refractivity contribution in [1.29, 1.82) is 0 Å². The summed E-state index contributed by atoms with van der Waals surface area (Å²) in [6.07, 6.45) is 0. The number of para-hydroxylation sites is 3. The minimum atomic E-state index is -3.67. The zero-order valence-electron chi connectivity index (χ0n) is 14.5. The quantitative estimate of drug-likeness (QED) is 0.506. The molecule has 144 valence electrons. The van der Waals surface area contributed by atoms with E-state index >= 15 is 0 Å². The number of hydrogen-bond acceptors (Lipinski definition) is 6. The Morgan fingerprint density at radius 3 is 2.00 bits per heavy atom. The summed E-state index contributed by atoms with van der Waals surface area (Å²) in [5.41, 5.74) is 9.04. The molecular weight excluding hydrogens is 378 g/mol. The highest BCUT2D eigenvalue weighted by Gasteiger charge is 2.28. The van der Waals surface area contributed by atoms with E-state index in [9.17, 15) is 16.8 Å². The fourth-order valence-electron chi connectivity index (χ4n) is 2.11. The van der Waals surface area contributed by atoms with Crippen LogP contribution in [0, 0.1) is 0 Å². The van der Waals surface area contributed by atoms with Gasteiger partial charge in [0.15, 0.2) is 0 Å². The van der Waals surface area contributed by atoms with Crippen LogP contribution in [-0.4, -0.2) is 30.9 Å². The van der Waals surface area contributed by atoms with E-state index < -0.39 is 20.2 Å². The van der Waals surface area contributed by atoms with Gasteiger partial charge < -0.3 is 11.1 Å². The standard InChI is InChI=1S/C8H9NO2S.C7H10N2.H4N2O2S/c1-9-8-5-3-2-4-7(8)6-12(9,10)11;1-9-7-5-3-2-4-6(7)8;1-5(2,3)4/h2-5H,6H2,1H3;2-5,9H,8H2,1H3;(H4,1,2,3,4). The van der Waals surface area contributed by atoms with Crippen LogP contribution in [0.15, 0.2) is 48.5 Å². The van der Waals surface area contributed by atoms with E-state index in [-0.39, 0.29) is 5.75 Å². The number of fused-ring (bicyclic) bond motifs is 1. The zero-order valence-corrected chi connectivity index (χ0v) is 16.1. The first-order chi connectivity index (χ1) is 12.0. The average Bonchev–Trinajstić information content (AvgIpc) is 2.77. The maximum atomic E-state index is 11.3. The molecule has 11 heteroatoms. The Bertz CT molecular complexity index is 938. The van der Waals surface area contributed by atoms with Crippen LogP contribution in [0.25, 0.3) is 0 Å². The lowest BCUT2D eigenvalue weighted by atomic mass is 10.2.